The van der Waals surface area contributed by atoms with E-state index in [1.807, 2.05) is 0 Å². The highest BCUT2D eigenvalue weighted by Gasteiger charge is 2.52. The van der Waals surface area contributed by atoms with E-state index in [1.165, 1.54) is 24.3 Å². The number of halogens is 4. The Labute approximate surface area is 117 Å². The first-order valence-electron chi connectivity index (χ1n) is 5.58. The Hall–Kier alpha value is -1.60. The molecule has 0 spiro atoms. The van der Waals surface area contributed by atoms with Crippen molar-refractivity contribution in [2.75, 3.05) is 0 Å². The molecule has 1 aliphatic rings. The van der Waals surface area contributed by atoms with Gasteiger partial charge in [-0.25, -0.2) is 0 Å². The molecule has 1 heterocycles. The smallest absolute Gasteiger partial charge is 0.365 e. The van der Waals surface area contributed by atoms with Crippen LogP contribution in [0.1, 0.15) is 18.9 Å². The van der Waals surface area contributed by atoms with Gasteiger partial charge in [0.25, 0.3) is 0 Å². The molecule has 0 aliphatic carbocycles. The average molecular weight is 307 g/mol. The maximum atomic E-state index is 12.7. The SMILES string of the molecule is CC(=O)N1N=C(C(F)(F)F)CC1(O)c1ccc(Cl)cc1. The predicted molar refractivity (Wildman–Crippen MR) is 66.0 cm³/mol. The number of aliphatic hydroxyl groups is 1. The Morgan fingerprint density at radius 3 is 2.40 bits per heavy atom. The molecule has 1 amide bonds. The van der Waals surface area contributed by atoms with Gasteiger partial charge in [-0.15, -0.1) is 0 Å². The highest BCUT2D eigenvalue weighted by molar-refractivity contribution is 6.30. The van der Waals surface area contributed by atoms with E-state index in [1.54, 1.807) is 0 Å². The summed E-state index contributed by atoms with van der Waals surface area (Å²) in [6.07, 6.45) is -5.53. The summed E-state index contributed by atoms with van der Waals surface area (Å²) >= 11 is 5.69. The van der Waals surface area contributed by atoms with Crippen LogP contribution in [0.25, 0.3) is 0 Å². The molecule has 1 aromatic carbocycles. The van der Waals surface area contributed by atoms with Crippen LogP contribution in [0, 0.1) is 0 Å². The Balaban J connectivity index is 2.45. The van der Waals surface area contributed by atoms with Gasteiger partial charge in [0, 0.05) is 17.5 Å². The molecule has 0 bridgehead atoms. The number of hydrazone groups is 1. The summed E-state index contributed by atoms with van der Waals surface area (Å²) in [5, 5.41) is 14.5. The first-order chi connectivity index (χ1) is 9.14. The van der Waals surface area contributed by atoms with Crippen LogP contribution in [-0.2, 0) is 10.5 Å². The minimum atomic E-state index is -4.70. The fraction of sp³-hybridized carbons (Fsp3) is 0.333. The quantitative estimate of drug-likeness (QED) is 0.867. The Morgan fingerprint density at radius 1 is 1.40 bits per heavy atom. The molecule has 1 N–H and O–H groups in total. The number of carbonyl (C=O) groups excluding carboxylic acids is 1. The summed E-state index contributed by atoms with van der Waals surface area (Å²) in [6.45, 7) is 1.03. The van der Waals surface area contributed by atoms with Crippen molar-refractivity contribution in [3.8, 4) is 0 Å². The molecule has 2 rings (SSSR count). The number of nitrogens with zero attached hydrogens (tertiary/aromatic N) is 2. The molecule has 8 heteroatoms. The van der Waals surface area contributed by atoms with Gasteiger partial charge in [-0.05, 0) is 12.1 Å². The lowest BCUT2D eigenvalue weighted by atomic mass is 9.97. The fourth-order valence-corrected chi connectivity index (χ4v) is 2.10. The largest absolute Gasteiger partial charge is 0.431 e. The Morgan fingerprint density at radius 2 is 1.95 bits per heavy atom. The van der Waals surface area contributed by atoms with Gasteiger partial charge >= 0.3 is 6.18 Å². The first kappa shape index (κ1) is 14.8. The van der Waals surface area contributed by atoms with Gasteiger partial charge in [0.05, 0.1) is 6.42 Å². The summed E-state index contributed by atoms with van der Waals surface area (Å²) in [6, 6.07) is 5.54. The normalized spacial score (nSPS) is 22.9. The zero-order chi connectivity index (χ0) is 15.1. The maximum Gasteiger partial charge on any atom is 0.431 e. The van der Waals surface area contributed by atoms with Crippen LogP contribution in [0.4, 0.5) is 13.2 Å². The van der Waals surface area contributed by atoms with E-state index in [0.717, 1.165) is 6.92 Å². The second-order valence-corrected chi connectivity index (χ2v) is 4.81. The Kier molecular flexibility index (Phi) is 3.51. The van der Waals surface area contributed by atoms with Crippen molar-refractivity contribution in [1.29, 1.82) is 0 Å². The molecule has 1 aromatic rings. The topological polar surface area (TPSA) is 52.9 Å². The third kappa shape index (κ3) is 2.51. The average Bonchev–Trinajstić information content (AvgIpc) is 2.69. The van der Waals surface area contributed by atoms with Crippen molar-refractivity contribution in [3.05, 3.63) is 34.9 Å². The van der Waals surface area contributed by atoms with Crippen molar-refractivity contribution in [2.24, 2.45) is 5.10 Å². The monoisotopic (exact) mass is 306 g/mol. The molecule has 0 saturated heterocycles. The number of alkyl halides is 3. The van der Waals surface area contributed by atoms with Crippen LogP contribution >= 0.6 is 11.6 Å². The summed E-state index contributed by atoms with van der Waals surface area (Å²) in [5.74, 6) is -0.790. The minimum absolute atomic E-state index is 0.111. The summed E-state index contributed by atoms with van der Waals surface area (Å²) < 4.78 is 38.2. The summed E-state index contributed by atoms with van der Waals surface area (Å²) in [5.41, 5.74) is -3.24. The molecular formula is C12H10ClF3N2O2. The van der Waals surface area contributed by atoms with E-state index in [0.29, 0.717) is 10.0 Å². The van der Waals surface area contributed by atoms with Crippen LogP contribution in [0.3, 0.4) is 0 Å². The van der Waals surface area contributed by atoms with Crippen molar-refractivity contribution in [3.63, 3.8) is 0 Å². The maximum absolute atomic E-state index is 12.7. The molecule has 1 aliphatic heterocycles. The predicted octanol–water partition coefficient (Wildman–Crippen LogP) is 2.66. The van der Waals surface area contributed by atoms with Gasteiger partial charge in [-0.2, -0.15) is 23.3 Å². The summed E-state index contributed by atoms with van der Waals surface area (Å²) in [7, 11) is 0. The van der Waals surface area contributed by atoms with Gasteiger partial charge in [0.1, 0.15) is 5.71 Å². The third-order valence-corrected chi connectivity index (χ3v) is 3.17. The fourth-order valence-electron chi connectivity index (χ4n) is 1.98. The van der Waals surface area contributed by atoms with Crippen LogP contribution < -0.4 is 0 Å². The molecule has 0 radical (unpaired) electrons. The number of hydrogen-bond donors (Lipinski definition) is 1. The van der Waals surface area contributed by atoms with Crippen molar-refractivity contribution >= 4 is 23.2 Å². The molecule has 1 unspecified atom stereocenters. The van der Waals surface area contributed by atoms with E-state index in [-0.39, 0.29) is 5.56 Å². The number of hydrogen-bond acceptors (Lipinski definition) is 3. The zero-order valence-corrected chi connectivity index (χ0v) is 11.0. The second-order valence-electron chi connectivity index (χ2n) is 4.38. The van der Waals surface area contributed by atoms with Gasteiger partial charge in [0.15, 0.2) is 5.72 Å². The molecule has 4 nitrogen and oxygen atoms in total. The number of amides is 1. The van der Waals surface area contributed by atoms with E-state index >= 15 is 0 Å². The first-order valence-corrected chi connectivity index (χ1v) is 5.96. The van der Waals surface area contributed by atoms with E-state index < -0.39 is 29.9 Å². The van der Waals surface area contributed by atoms with Crippen LogP contribution in [0.5, 0.6) is 0 Å². The van der Waals surface area contributed by atoms with E-state index in [2.05, 4.69) is 5.10 Å². The van der Waals surface area contributed by atoms with Crippen LogP contribution in [0.15, 0.2) is 29.4 Å². The van der Waals surface area contributed by atoms with Gasteiger partial charge < -0.3 is 5.11 Å². The zero-order valence-electron chi connectivity index (χ0n) is 10.3. The van der Waals surface area contributed by atoms with Crippen molar-refractivity contribution < 1.29 is 23.1 Å². The van der Waals surface area contributed by atoms with Crippen LogP contribution in [-0.4, -0.2) is 27.9 Å². The molecule has 0 saturated carbocycles. The van der Waals surface area contributed by atoms with E-state index in [4.69, 9.17) is 11.6 Å². The lowest BCUT2D eigenvalue weighted by molar-refractivity contribution is -0.155. The lowest BCUT2D eigenvalue weighted by Gasteiger charge is -2.30. The van der Waals surface area contributed by atoms with Crippen molar-refractivity contribution in [1.82, 2.24) is 5.01 Å². The number of carbonyl (C=O) groups is 1. The molecule has 1 atom stereocenters. The Bertz CT molecular complexity index is 571. The third-order valence-electron chi connectivity index (χ3n) is 2.92. The molecule has 0 aromatic heterocycles. The molecule has 0 fully saturated rings. The van der Waals surface area contributed by atoms with Gasteiger partial charge in [-0.1, -0.05) is 23.7 Å². The van der Waals surface area contributed by atoms with Crippen molar-refractivity contribution in [2.45, 2.75) is 25.2 Å². The number of benzene rings is 1. The van der Waals surface area contributed by atoms with Gasteiger partial charge in [0.2, 0.25) is 5.91 Å². The van der Waals surface area contributed by atoms with E-state index in [9.17, 15) is 23.1 Å². The molecule has 108 valence electrons. The molecule has 20 heavy (non-hydrogen) atoms. The van der Waals surface area contributed by atoms with Gasteiger partial charge in [-0.3, -0.25) is 4.79 Å². The number of rotatable bonds is 1. The molecular weight excluding hydrogens is 297 g/mol. The van der Waals surface area contributed by atoms with Crippen LogP contribution in [0.2, 0.25) is 5.02 Å². The standard InChI is InChI=1S/C12H10ClF3N2O2/c1-7(19)18-11(20,6-10(17-18)12(14,15)16)8-2-4-9(13)5-3-8/h2-5,20H,6H2,1H3. The minimum Gasteiger partial charge on any atom is -0.365 e. The summed E-state index contributed by atoms with van der Waals surface area (Å²) in [4.78, 5) is 11.4. The second kappa shape index (κ2) is 4.75. The highest BCUT2D eigenvalue weighted by Crippen LogP contribution is 2.39. The lowest BCUT2D eigenvalue weighted by Crippen LogP contribution is -2.42. The highest BCUT2D eigenvalue weighted by atomic mass is 35.5.